The van der Waals surface area contributed by atoms with E-state index in [1.54, 1.807) is 0 Å². The van der Waals surface area contributed by atoms with Crippen molar-refractivity contribution < 1.29 is 9.13 Å². The van der Waals surface area contributed by atoms with Crippen LogP contribution >= 0.6 is 0 Å². The van der Waals surface area contributed by atoms with E-state index < -0.39 is 6.67 Å². The highest BCUT2D eigenvalue weighted by atomic mass is 19.1. The molecule has 0 bridgehead atoms. The van der Waals surface area contributed by atoms with Crippen molar-refractivity contribution in [1.29, 1.82) is 0 Å². The molecule has 1 aromatic rings. The minimum Gasteiger partial charge on any atom is -0.491 e. The van der Waals surface area contributed by atoms with Gasteiger partial charge in [0, 0.05) is 11.6 Å². The molecular weight excluding hydrogens is 205 g/mol. The van der Waals surface area contributed by atoms with Gasteiger partial charge in [-0.1, -0.05) is 24.6 Å². The number of rotatable bonds is 6. The molecule has 0 aromatic heterocycles. The summed E-state index contributed by atoms with van der Waals surface area (Å²) in [6.07, 6.45) is 0. The Labute approximate surface area is 96.8 Å². The van der Waals surface area contributed by atoms with Crippen LogP contribution in [0.25, 0.3) is 0 Å². The van der Waals surface area contributed by atoms with Crippen LogP contribution in [-0.4, -0.2) is 19.8 Å². The van der Waals surface area contributed by atoms with Crippen LogP contribution in [0.15, 0.2) is 18.2 Å². The van der Waals surface area contributed by atoms with E-state index in [2.05, 4.69) is 25.2 Å². The lowest BCUT2D eigenvalue weighted by Gasteiger charge is -2.18. The molecule has 1 rings (SSSR count). The van der Waals surface area contributed by atoms with E-state index in [0.717, 1.165) is 17.9 Å². The minimum absolute atomic E-state index is 0.120. The van der Waals surface area contributed by atoms with Gasteiger partial charge >= 0.3 is 0 Å². The standard InChI is InChI=1S/C13H20FNO/c1-4-15-11(3)12-9-10(2)5-6-13(12)16-8-7-14/h5-6,9,11,15H,4,7-8H2,1-3H3. The highest BCUT2D eigenvalue weighted by molar-refractivity contribution is 5.38. The van der Waals surface area contributed by atoms with Crippen LogP contribution in [0.5, 0.6) is 5.75 Å². The molecule has 3 heteroatoms. The third-order valence-corrected chi connectivity index (χ3v) is 2.48. The maximum absolute atomic E-state index is 12.1. The maximum atomic E-state index is 12.1. The second-order valence-electron chi connectivity index (χ2n) is 3.86. The first-order chi connectivity index (χ1) is 7.69. The number of hydrogen-bond acceptors (Lipinski definition) is 2. The highest BCUT2D eigenvalue weighted by Gasteiger charge is 2.10. The molecule has 0 heterocycles. The summed E-state index contributed by atoms with van der Waals surface area (Å²) in [6, 6.07) is 6.20. The molecule has 0 saturated heterocycles. The number of benzene rings is 1. The Morgan fingerprint density at radius 3 is 2.81 bits per heavy atom. The van der Waals surface area contributed by atoms with Gasteiger partial charge in [0.15, 0.2) is 0 Å². The van der Waals surface area contributed by atoms with Crippen LogP contribution in [0.2, 0.25) is 0 Å². The van der Waals surface area contributed by atoms with Crippen molar-refractivity contribution in [3.05, 3.63) is 29.3 Å². The molecule has 0 fully saturated rings. The topological polar surface area (TPSA) is 21.3 Å². The summed E-state index contributed by atoms with van der Waals surface area (Å²) in [5, 5.41) is 3.33. The van der Waals surface area contributed by atoms with Crippen LogP contribution in [0.1, 0.15) is 31.0 Å². The predicted octanol–water partition coefficient (Wildman–Crippen LogP) is 3.01. The monoisotopic (exact) mass is 225 g/mol. The Kier molecular flexibility index (Phi) is 5.26. The average molecular weight is 225 g/mol. The Morgan fingerprint density at radius 1 is 1.44 bits per heavy atom. The van der Waals surface area contributed by atoms with Gasteiger partial charge in [-0.3, -0.25) is 0 Å². The second kappa shape index (κ2) is 6.48. The number of aryl methyl sites for hydroxylation is 1. The number of halogens is 1. The van der Waals surface area contributed by atoms with Gasteiger partial charge in [0.1, 0.15) is 19.0 Å². The van der Waals surface area contributed by atoms with E-state index in [0.29, 0.717) is 0 Å². The van der Waals surface area contributed by atoms with Crippen molar-refractivity contribution in [2.24, 2.45) is 0 Å². The number of hydrogen-bond donors (Lipinski definition) is 1. The molecule has 0 aliphatic heterocycles. The molecule has 0 saturated carbocycles. The zero-order valence-electron chi connectivity index (χ0n) is 10.2. The predicted molar refractivity (Wildman–Crippen MR) is 64.7 cm³/mol. The SMILES string of the molecule is CCNC(C)c1cc(C)ccc1OCCF. The normalized spacial score (nSPS) is 12.5. The van der Waals surface area contributed by atoms with Crippen molar-refractivity contribution >= 4 is 0 Å². The zero-order chi connectivity index (χ0) is 12.0. The van der Waals surface area contributed by atoms with E-state index in [4.69, 9.17) is 4.74 Å². The molecule has 0 radical (unpaired) electrons. The molecule has 1 atom stereocenters. The zero-order valence-corrected chi connectivity index (χ0v) is 10.2. The first kappa shape index (κ1) is 13.0. The molecule has 1 aromatic carbocycles. The lowest BCUT2D eigenvalue weighted by atomic mass is 10.0. The van der Waals surface area contributed by atoms with Gasteiger partial charge in [-0.25, -0.2) is 4.39 Å². The molecule has 1 unspecified atom stereocenters. The summed E-state index contributed by atoms with van der Waals surface area (Å²) >= 11 is 0. The molecule has 0 aliphatic rings. The lowest BCUT2D eigenvalue weighted by Crippen LogP contribution is -2.19. The third kappa shape index (κ3) is 3.49. The Hall–Kier alpha value is -1.09. The molecule has 0 spiro atoms. The summed E-state index contributed by atoms with van der Waals surface area (Å²) in [7, 11) is 0. The lowest BCUT2D eigenvalue weighted by molar-refractivity contribution is 0.269. The maximum Gasteiger partial charge on any atom is 0.124 e. The fourth-order valence-electron chi connectivity index (χ4n) is 1.70. The van der Waals surface area contributed by atoms with Crippen LogP contribution < -0.4 is 10.1 Å². The van der Waals surface area contributed by atoms with Crippen molar-refractivity contribution in [2.45, 2.75) is 26.8 Å². The van der Waals surface area contributed by atoms with Crippen LogP contribution in [-0.2, 0) is 0 Å². The fraction of sp³-hybridized carbons (Fsp3) is 0.538. The number of ether oxygens (including phenoxy) is 1. The molecule has 1 N–H and O–H groups in total. The number of nitrogens with one attached hydrogen (secondary N) is 1. The van der Waals surface area contributed by atoms with Crippen molar-refractivity contribution in [3.8, 4) is 5.75 Å². The van der Waals surface area contributed by atoms with Gasteiger partial charge in [-0.15, -0.1) is 0 Å². The molecule has 2 nitrogen and oxygen atoms in total. The summed E-state index contributed by atoms with van der Waals surface area (Å²) < 4.78 is 17.5. The van der Waals surface area contributed by atoms with Crippen molar-refractivity contribution in [2.75, 3.05) is 19.8 Å². The fourth-order valence-corrected chi connectivity index (χ4v) is 1.70. The molecular formula is C13H20FNO. The van der Waals surface area contributed by atoms with E-state index in [-0.39, 0.29) is 12.6 Å². The van der Waals surface area contributed by atoms with Crippen LogP contribution in [0, 0.1) is 6.92 Å². The highest BCUT2D eigenvalue weighted by Crippen LogP contribution is 2.26. The van der Waals surface area contributed by atoms with E-state index in [9.17, 15) is 4.39 Å². The van der Waals surface area contributed by atoms with Gasteiger partial charge < -0.3 is 10.1 Å². The summed E-state index contributed by atoms with van der Waals surface area (Å²) in [5.41, 5.74) is 2.28. The smallest absolute Gasteiger partial charge is 0.124 e. The van der Waals surface area contributed by atoms with Gasteiger partial charge in [0.05, 0.1) is 0 Å². The Morgan fingerprint density at radius 2 is 2.19 bits per heavy atom. The molecule has 16 heavy (non-hydrogen) atoms. The van der Waals surface area contributed by atoms with Gasteiger partial charge in [-0.2, -0.15) is 0 Å². The van der Waals surface area contributed by atoms with Crippen molar-refractivity contribution in [1.82, 2.24) is 5.32 Å². The second-order valence-corrected chi connectivity index (χ2v) is 3.86. The summed E-state index contributed by atoms with van der Waals surface area (Å²) in [5.74, 6) is 0.775. The Balaban J connectivity index is 2.88. The molecule has 0 amide bonds. The van der Waals surface area contributed by atoms with E-state index >= 15 is 0 Å². The molecule has 90 valence electrons. The van der Waals surface area contributed by atoms with E-state index in [1.807, 2.05) is 19.1 Å². The van der Waals surface area contributed by atoms with Crippen molar-refractivity contribution in [3.63, 3.8) is 0 Å². The first-order valence-corrected chi connectivity index (χ1v) is 5.71. The average Bonchev–Trinajstić information content (AvgIpc) is 2.27. The van der Waals surface area contributed by atoms with Crippen LogP contribution in [0.3, 0.4) is 0 Å². The number of alkyl halides is 1. The first-order valence-electron chi connectivity index (χ1n) is 5.71. The minimum atomic E-state index is -0.455. The quantitative estimate of drug-likeness (QED) is 0.803. The molecule has 0 aliphatic carbocycles. The Bertz CT molecular complexity index is 328. The third-order valence-electron chi connectivity index (χ3n) is 2.48. The summed E-state index contributed by atoms with van der Waals surface area (Å²) in [6.45, 7) is 6.76. The summed E-state index contributed by atoms with van der Waals surface area (Å²) in [4.78, 5) is 0. The van der Waals surface area contributed by atoms with E-state index in [1.165, 1.54) is 5.56 Å². The van der Waals surface area contributed by atoms with Gasteiger partial charge in [-0.05, 0) is 26.5 Å². The van der Waals surface area contributed by atoms with Gasteiger partial charge in [0.2, 0.25) is 0 Å². The van der Waals surface area contributed by atoms with Gasteiger partial charge in [0.25, 0.3) is 0 Å². The largest absolute Gasteiger partial charge is 0.491 e. The van der Waals surface area contributed by atoms with Crippen LogP contribution in [0.4, 0.5) is 4.39 Å².